The molecule has 0 spiro atoms. The topological polar surface area (TPSA) is 30.5 Å². The second-order valence-corrected chi connectivity index (χ2v) is 5.32. The fourth-order valence-electron chi connectivity index (χ4n) is 2.34. The second kappa shape index (κ2) is 6.29. The maximum Gasteiger partial charge on any atom is 0.124 e. The van der Waals surface area contributed by atoms with Crippen molar-refractivity contribution in [3.8, 4) is 11.5 Å². The molecule has 3 heteroatoms. The zero-order valence-corrected chi connectivity index (χ0v) is 12.5. The largest absolute Gasteiger partial charge is 0.494 e. The van der Waals surface area contributed by atoms with Crippen molar-refractivity contribution in [1.29, 1.82) is 0 Å². The molecule has 3 nitrogen and oxygen atoms in total. The molecular weight excluding hydrogens is 238 g/mol. The Labute approximate surface area is 116 Å². The first kappa shape index (κ1) is 14.2. The number of rotatable bonds is 6. The summed E-state index contributed by atoms with van der Waals surface area (Å²) in [6, 6.07) is 4.80. The summed E-state index contributed by atoms with van der Waals surface area (Å²) >= 11 is 0. The predicted molar refractivity (Wildman–Crippen MR) is 78.0 cm³/mol. The summed E-state index contributed by atoms with van der Waals surface area (Å²) in [5.41, 5.74) is 2.46. The zero-order valence-electron chi connectivity index (χ0n) is 12.5. The van der Waals surface area contributed by atoms with E-state index < -0.39 is 0 Å². The molecule has 0 saturated carbocycles. The molecule has 0 saturated heterocycles. The lowest BCUT2D eigenvalue weighted by molar-refractivity contribution is 0.254. The van der Waals surface area contributed by atoms with Gasteiger partial charge >= 0.3 is 0 Å². The summed E-state index contributed by atoms with van der Waals surface area (Å²) in [5.74, 6) is 2.02. The Balaban J connectivity index is 2.18. The van der Waals surface area contributed by atoms with Crippen LogP contribution in [0.25, 0.3) is 0 Å². The fourth-order valence-corrected chi connectivity index (χ4v) is 2.34. The summed E-state index contributed by atoms with van der Waals surface area (Å²) < 4.78 is 11.6. The van der Waals surface area contributed by atoms with Gasteiger partial charge in [-0.3, -0.25) is 0 Å². The molecule has 1 aliphatic rings. The normalized spacial score (nSPS) is 18.8. The van der Waals surface area contributed by atoms with Crippen LogP contribution in [0, 0.1) is 0 Å². The van der Waals surface area contributed by atoms with E-state index >= 15 is 0 Å². The van der Waals surface area contributed by atoms with Crippen molar-refractivity contribution in [2.75, 3.05) is 6.61 Å². The van der Waals surface area contributed by atoms with Crippen LogP contribution in [0.3, 0.4) is 0 Å². The van der Waals surface area contributed by atoms with Gasteiger partial charge in [0.05, 0.1) is 6.61 Å². The van der Waals surface area contributed by atoms with Crippen LogP contribution in [-0.4, -0.2) is 18.8 Å². The zero-order chi connectivity index (χ0) is 13.8. The van der Waals surface area contributed by atoms with Crippen molar-refractivity contribution in [3.05, 3.63) is 23.3 Å². The van der Waals surface area contributed by atoms with Gasteiger partial charge in [0.25, 0.3) is 0 Å². The molecule has 0 radical (unpaired) electrons. The molecular formula is C16H25NO2. The van der Waals surface area contributed by atoms with Crippen molar-refractivity contribution in [2.24, 2.45) is 0 Å². The second-order valence-electron chi connectivity index (χ2n) is 5.32. The van der Waals surface area contributed by atoms with Gasteiger partial charge < -0.3 is 14.8 Å². The van der Waals surface area contributed by atoms with Crippen molar-refractivity contribution in [3.63, 3.8) is 0 Å². The third-order valence-electron chi connectivity index (χ3n) is 3.63. The average molecular weight is 263 g/mol. The van der Waals surface area contributed by atoms with E-state index in [1.54, 1.807) is 0 Å². The van der Waals surface area contributed by atoms with E-state index in [0.29, 0.717) is 12.6 Å². The summed E-state index contributed by atoms with van der Waals surface area (Å²) in [6.07, 6.45) is 2.39. The SMILES string of the molecule is CCOc1cc2c(cc1CNC(C)CC)OC(C)C2. The number of benzene rings is 1. The first-order valence-corrected chi connectivity index (χ1v) is 7.32. The first-order valence-electron chi connectivity index (χ1n) is 7.32. The van der Waals surface area contributed by atoms with Crippen LogP contribution in [-0.2, 0) is 13.0 Å². The van der Waals surface area contributed by atoms with Crippen LogP contribution in [0.5, 0.6) is 11.5 Å². The van der Waals surface area contributed by atoms with Gasteiger partial charge in [-0.25, -0.2) is 0 Å². The highest BCUT2D eigenvalue weighted by Gasteiger charge is 2.21. The van der Waals surface area contributed by atoms with Crippen LogP contribution >= 0.6 is 0 Å². The van der Waals surface area contributed by atoms with Crippen molar-refractivity contribution >= 4 is 0 Å². The highest BCUT2D eigenvalue weighted by molar-refractivity contribution is 5.48. The molecule has 1 aliphatic heterocycles. The molecule has 2 rings (SSSR count). The van der Waals surface area contributed by atoms with E-state index in [4.69, 9.17) is 9.47 Å². The molecule has 1 aromatic rings. The van der Waals surface area contributed by atoms with E-state index in [9.17, 15) is 0 Å². The Morgan fingerprint density at radius 1 is 1.42 bits per heavy atom. The van der Waals surface area contributed by atoms with Crippen LogP contribution in [0.15, 0.2) is 12.1 Å². The third-order valence-corrected chi connectivity index (χ3v) is 3.63. The molecule has 19 heavy (non-hydrogen) atoms. The van der Waals surface area contributed by atoms with Gasteiger partial charge in [-0.1, -0.05) is 6.92 Å². The van der Waals surface area contributed by atoms with Gasteiger partial charge in [-0.15, -0.1) is 0 Å². The molecule has 1 aromatic carbocycles. The molecule has 0 aromatic heterocycles. The Bertz CT molecular complexity index is 431. The van der Waals surface area contributed by atoms with Gasteiger partial charge in [-0.05, 0) is 39.3 Å². The molecule has 0 bridgehead atoms. The Morgan fingerprint density at radius 3 is 2.89 bits per heavy atom. The van der Waals surface area contributed by atoms with Crippen LogP contribution in [0.1, 0.15) is 45.2 Å². The Morgan fingerprint density at radius 2 is 2.21 bits per heavy atom. The Kier molecular flexibility index (Phi) is 4.70. The molecule has 0 amide bonds. The number of hydrogen-bond donors (Lipinski definition) is 1. The lowest BCUT2D eigenvalue weighted by Gasteiger charge is -2.16. The van der Waals surface area contributed by atoms with E-state index in [1.807, 2.05) is 6.92 Å². The van der Waals surface area contributed by atoms with E-state index in [2.05, 4.69) is 38.2 Å². The standard InChI is InChI=1S/C16H25NO2/c1-5-11(3)17-10-14-9-16-13(7-12(4)19-16)8-15(14)18-6-2/h8-9,11-12,17H,5-7,10H2,1-4H3. The highest BCUT2D eigenvalue weighted by atomic mass is 16.5. The molecule has 0 aliphatic carbocycles. The minimum absolute atomic E-state index is 0.280. The molecule has 0 fully saturated rings. The highest BCUT2D eigenvalue weighted by Crippen LogP contribution is 2.35. The van der Waals surface area contributed by atoms with Gasteiger partial charge in [0.1, 0.15) is 17.6 Å². The smallest absolute Gasteiger partial charge is 0.124 e. The maximum atomic E-state index is 5.83. The van der Waals surface area contributed by atoms with Crippen LogP contribution < -0.4 is 14.8 Å². The third kappa shape index (κ3) is 3.41. The van der Waals surface area contributed by atoms with E-state index in [-0.39, 0.29) is 6.10 Å². The van der Waals surface area contributed by atoms with Crippen LogP contribution in [0.4, 0.5) is 0 Å². The van der Waals surface area contributed by atoms with Crippen molar-refractivity contribution < 1.29 is 9.47 Å². The number of nitrogens with one attached hydrogen (secondary N) is 1. The monoisotopic (exact) mass is 263 g/mol. The fraction of sp³-hybridized carbons (Fsp3) is 0.625. The maximum absolute atomic E-state index is 5.83. The molecule has 2 atom stereocenters. The lowest BCUT2D eigenvalue weighted by atomic mass is 10.1. The van der Waals surface area contributed by atoms with Gasteiger partial charge in [-0.2, -0.15) is 0 Å². The summed E-state index contributed by atoms with van der Waals surface area (Å²) in [6.45, 7) is 10.1. The first-order chi connectivity index (χ1) is 9.13. The van der Waals surface area contributed by atoms with Gasteiger partial charge in [0.2, 0.25) is 0 Å². The van der Waals surface area contributed by atoms with Gasteiger partial charge in [0.15, 0.2) is 0 Å². The average Bonchev–Trinajstić information content (AvgIpc) is 2.75. The van der Waals surface area contributed by atoms with Crippen molar-refractivity contribution in [2.45, 2.75) is 59.2 Å². The van der Waals surface area contributed by atoms with Gasteiger partial charge in [0, 0.05) is 30.1 Å². The molecule has 106 valence electrons. The number of hydrogen-bond acceptors (Lipinski definition) is 3. The lowest BCUT2D eigenvalue weighted by Crippen LogP contribution is -2.24. The summed E-state index contributed by atoms with van der Waals surface area (Å²) in [7, 11) is 0. The van der Waals surface area contributed by atoms with E-state index in [0.717, 1.165) is 30.9 Å². The van der Waals surface area contributed by atoms with Crippen molar-refractivity contribution in [1.82, 2.24) is 5.32 Å². The molecule has 1 heterocycles. The summed E-state index contributed by atoms with van der Waals surface area (Å²) in [5, 5.41) is 3.51. The quantitative estimate of drug-likeness (QED) is 0.854. The number of fused-ring (bicyclic) bond motifs is 1. The number of ether oxygens (including phenoxy) is 2. The molecule has 2 unspecified atom stereocenters. The Hall–Kier alpha value is -1.22. The minimum atomic E-state index is 0.280. The van der Waals surface area contributed by atoms with Crippen LogP contribution in [0.2, 0.25) is 0 Å². The minimum Gasteiger partial charge on any atom is -0.494 e. The molecule has 1 N–H and O–H groups in total. The summed E-state index contributed by atoms with van der Waals surface area (Å²) in [4.78, 5) is 0. The van der Waals surface area contributed by atoms with E-state index in [1.165, 1.54) is 11.1 Å². The predicted octanol–water partition coefficient (Wildman–Crippen LogP) is 3.30.